The van der Waals surface area contributed by atoms with Gasteiger partial charge in [-0.25, -0.2) is 0 Å². The summed E-state index contributed by atoms with van der Waals surface area (Å²) in [6.07, 6.45) is 0.602. The minimum absolute atomic E-state index is 0.0627. The zero-order valence-corrected chi connectivity index (χ0v) is 11.3. The van der Waals surface area contributed by atoms with Crippen molar-refractivity contribution in [2.24, 2.45) is 5.41 Å². The first-order valence-electron chi connectivity index (χ1n) is 5.93. The van der Waals surface area contributed by atoms with Crippen LogP contribution in [0.25, 0.3) is 0 Å². The number of aliphatic carboxylic acids is 1. The molecule has 0 spiro atoms. The summed E-state index contributed by atoms with van der Waals surface area (Å²) in [5.74, 6) is 0.0383. The average Bonchev–Trinajstić information content (AvgIpc) is 2.59. The third kappa shape index (κ3) is 5.27. The molecule has 0 aliphatic heterocycles. The third-order valence-corrected chi connectivity index (χ3v) is 2.31. The summed E-state index contributed by atoms with van der Waals surface area (Å²) < 4.78 is 10.8. The molecule has 18 heavy (non-hydrogen) atoms. The summed E-state index contributed by atoms with van der Waals surface area (Å²) in [5.41, 5.74) is -0.408. The maximum absolute atomic E-state index is 10.7. The number of hydrogen-bond donors (Lipinski definition) is 1. The molecule has 0 saturated carbocycles. The van der Waals surface area contributed by atoms with Gasteiger partial charge in [-0.3, -0.25) is 4.79 Å². The Morgan fingerprint density at radius 2 is 2.00 bits per heavy atom. The second-order valence-corrected chi connectivity index (χ2v) is 5.36. The first-order chi connectivity index (χ1) is 8.28. The minimum Gasteiger partial charge on any atom is -0.481 e. The number of carboxylic acids is 1. The molecule has 0 radical (unpaired) electrons. The van der Waals surface area contributed by atoms with E-state index in [1.165, 1.54) is 0 Å². The lowest BCUT2D eigenvalue weighted by Crippen LogP contribution is -2.19. The number of hydrogen-bond acceptors (Lipinski definition) is 5. The standard InChI is InChI=1S/C12H20N2O4/c1-8(2)17-7-10-14-13-9(18-10)5-12(3,4)6-11(15)16/h8H,5-7H2,1-4H3,(H,15,16). The van der Waals surface area contributed by atoms with Crippen LogP contribution in [0.1, 0.15) is 45.9 Å². The maximum Gasteiger partial charge on any atom is 0.303 e. The molecule has 0 aliphatic rings. The Morgan fingerprint density at radius 3 is 2.56 bits per heavy atom. The van der Waals surface area contributed by atoms with Crippen LogP contribution in [0, 0.1) is 5.41 Å². The van der Waals surface area contributed by atoms with Crippen LogP contribution < -0.4 is 0 Å². The molecule has 0 unspecified atom stereocenters. The molecule has 1 N–H and O–H groups in total. The van der Waals surface area contributed by atoms with Gasteiger partial charge in [0.15, 0.2) is 0 Å². The zero-order valence-electron chi connectivity index (χ0n) is 11.3. The van der Waals surface area contributed by atoms with Gasteiger partial charge in [0.05, 0.1) is 12.5 Å². The number of carbonyl (C=O) groups is 1. The topological polar surface area (TPSA) is 85.5 Å². The fourth-order valence-corrected chi connectivity index (χ4v) is 1.54. The number of nitrogens with zero attached hydrogens (tertiary/aromatic N) is 2. The van der Waals surface area contributed by atoms with Crippen molar-refractivity contribution in [3.8, 4) is 0 Å². The SMILES string of the molecule is CC(C)OCc1nnc(CC(C)(C)CC(=O)O)o1. The molecule has 6 heteroatoms. The number of rotatable bonds is 7. The van der Waals surface area contributed by atoms with E-state index in [2.05, 4.69) is 10.2 Å². The Balaban J connectivity index is 2.55. The van der Waals surface area contributed by atoms with E-state index in [0.29, 0.717) is 18.2 Å². The molecule has 1 aromatic rings. The van der Waals surface area contributed by atoms with E-state index in [9.17, 15) is 4.79 Å². The third-order valence-electron chi connectivity index (χ3n) is 2.31. The second-order valence-electron chi connectivity index (χ2n) is 5.36. The molecule has 6 nitrogen and oxygen atoms in total. The molecule has 0 amide bonds. The monoisotopic (exact) mass is 256 g/mol. The molecule has 1 aromatic heterocycles. The molecular weight excluding hydrogens is 236 g/mol. The van der Waals surface area contributed by atoms with E-state index in [4.69, 9.17) is 14.3 Å². The van der Waals surface area contributed by atoms with E-state index in [0.717, 1.165) is 0 Å². The van der Waals surface area contributed by atoms with Crippen molar-refractivity contribution >= 4 is 5.97 Å². The molecular formula is C12H20N2O4. The van der Waals surface area contributed by atoms with Gasteiger partial charge in [0.25, 0.3) is 0 Å². The van der Waals surface area contributed by atoms with Gasteiger partial charge in [-0.2, -0.15) is 0 Å². The van der Waals surface area contributed by atoms with Crippen molar-refractivity contribution in [3.05, 3.63) is 11.8 Å². The number of carboxylic acid groups (broad SMARTS) is 1. The van der Waals surface area contributed by atoms with Crippen molar-refractivity contribution in [2.75, 3.05) is 0 Å². The van der Waals surface area contributed by atoms with Crippen molar-refractivity contribution in [3.63, 3.8) is 0 Å². The van der Waals surface area contributed by atoms with Crippen molar-refractivity contribution < 1.29 is 19.1 Å². The van der Waals surface area contributed by atoms with Crippen molar-refractivity contribution in [2.45, 2.75) is 53.2 Å². The summed E-state index contributed by atoms with van der Waals surface area (Å²) in [4.78, 5) is 10.7. The second kappa shape index (κ2) is 5.95. The molecule has 0 saturated heterocycles. The highest BCUT2D eigenvalue weighted by molar-refractivity contribution is 5.67. The molecule has 0 aromatic carbocycles. The molecule has 1 heterocycles. The van der Waals surface area contributed by atoms with Gasteiger partial charge < -0.3 is 14.3 Å². The van der Waals surface area contributed by atoms with Crippen molar-refractivity contribution in [1.29, 1.82) is 0 Å². The smallest absolute Gasteiger partial charge is 0.303 e. The van der Waals surface area contributed by atoms with Gasteiger partial charge in [-0.15, -0.1) is 10.2 Å². The van der Waals surface area contributed by atoms with Crippen LogP contribution in [0.4, 0.5) is 0 Å². The Bertz CT molecular complexity index is 399. The lowest BCUT2D eigenvalue weighted by molar-refractivity contribution is -0.139. The fourth-order valence-electron chi connectivity index (χ4n) is 1.54. The predicted molar refractivity (Wildman–Crippen MR) is 64.0 cm³/mol. The van der Waals surface area contributed by atoms with Gasteiger partial charge >= 0.3 is 5.97 Å². The fraction of sp³-hybridized carbons (Fsp3) is 0.750. The van der Waals surface area contributed by atoms with Crippen LogP contribution in [0.2, 0.25) is 0 Å². The Kier molecular flexibility index (Phi) is 4.84. The Labute approximate surface area is 106 Å². The summed E-state index contributed by atoms with van der Waals surface area (Å²) in [5, 5.41) is 16.6. The summed E-state index contributed by atoms with van der Waals surface area (Å²) in [6.45, 7) is 7.84. The van der Waals surface area contributed by atoms with Gasteiger partial charge in [0, 0.05) is 6.42 Å². The molecule has 0 bridgehead atoms. The maximum atomic E-state index is 10.7. The normalized spacial score (nSPS) is 12.1. The highest BCUT2D eigenvalue weighted by Gasteiger charge is 2.25. The Hall–Kier alpha value is -1.43. The molecule has 1 rings (SSSR count). The minimum atomic E-state index is -0.831. The van der Waals surface area contributed by atoms with Crippen molar-refractivity contribution in [1.82, 2.24) is 10.2 Å². The van der Waals surface area contributed by atoms with Crippen LogP contribution in [0.5, 0.6) is 0 Å². The van der Waals surface area contributed by atoms with Gasteiger partial charge in [0.1, 0.15) is 6.61 Å². The molecule has 0 fully saturated rings. The van der Waals surface area contributed by atoms with Gasteiger partial charge in [-0.05, 0) is 19.3 Å². The van der Waals surface area contributed by atoms with Crippen LogP contribution in [-0.4, -0.2) is 27.4 Å². The number of aromatic nitrogens is 2. The van der Waals surface area contributed by atoms with E-state index >= 15 is 0 Å². The van der Waals surface area contributed by atoms with E-state index < -0.39 is 11.4 Å². The van der Waals surface area contributed by atoms with Crippen LogP contribution in [0.15, 0.2) is 4.42 Å². The largest absolute Gasteiger partial charge is 0.481 e. The summed E-state index contributed by atoms with van der Waals surface area (Å²) in [6, 6.07) is 0. The summed E-state index contributed by atoms with van der Waals surface area (Å²) >= 11 is 0. The van der Waals surface area contributed by atoms with E-state index in [1.807, 2.05) is 27.7 Å². The van der Waals surface area contributed by atoms with Crippen LogP contribution >= 0.6 is 0 Å². The average molecular weight is 256 g/mol. The van der Waals surface area contributed by atoms with Gasteiger partial charge in [0.2, 0.25) is 11.8 Å². The predicted octanol–water partition coefficient (Wildman–Crippen LogP) is 2.04. The highest BCUT2D eigenvalue weighted by Crippen LogP contribution is 2.25. The molecule has 102 valence electrons. The quantitative estimate of drug-likeness (QED) is 0.803. The first kappa shape index (κ1) is 14.6. The van der Waals surface area contributed by atoms with Gasteiger partial charge in [-0.1, -0.05) is 13.8 Å². The molecule has 0 atom stereocenters. The van der Waals surface area contributed by atoms with E-state index in [-0.39, 0.29) is 19.1 Å². The lowest BCUT2D eigenvalue weighted by atomic mass is 9.86. The number of ether oxygens (including phenoxy) is 1. The zero-order chi connectivity index (χ0) is 13.8. The van der Waals surface area contributed by atoms with Crippen LogP contribution in [-0.2, 0) is 22.6 Å². The van der Waals surface area contributed by atoms with E-state index in [1.54, 1.807) is 0 Å². The van der Waals surface area contributed by atoms with Crippen LogP contribution in [0.3, 0.4) is 0 Å². The molecule has 0 aliphatic carbocycles. The summed E-state index contributed by atoms with van der Waals surface area (Å²) in [7, 11) is 0. The first-order valence-corrected chi connectivity index (χ1v) is 5.93. The highest BCUT2D eigenvalue weighted by atomic mass is 16.5. The Morgan fingerprint density at radius 1 is 1.39 bits per heavy atom. The lowest BCUT2D eigenvalue weighted by Gasteiger charge is -2.19.